The summed E-state index contributed by atoms with van der Waals surface area (Å²) in [6.45, 7) is 2.84. The van der Waals surface area contributed by atoms with Crippen LogP contribution in [-0.4, -0.2) is 36.6 Å². The Morgan fingerprint density at radius 2 is 1.61 bits per heavy atom. The summed E-state index contributed by atoms with van der Waals surface area (Å²) in [4.78, 5) is 14.1. The number of ether oxygens (including phenoxy) is 1. The van der Waals surface area contributed by atoms with Crippen LogP contribution in [0.15, 0.2) is 0 Å². The third-order valence-corrected chi connectivity index (χ3v) is 4.79. The fourth-order valence-electron chi connectivity index (χ4n) is 3.58. The van der Waals surface area contributed by atoms with Gasteiger partial charge in [-0.1, -0.05) is 19.8 Å². The average Bonchev–Trinajstić information content (AvgIpc) is 2.90. The summed E-state index contributed by atoms with van der Waals surface area (Å²) in [7, 11) is 1.50. The van der Waals surface area contributed by atoms with Gasteiger partial charge >= 0.3 is 5.97 Å². The molecule has 0 N–H and O–H groups in total. The maximum atomic E-state index is 11.6. The van der Waals surface area contributed by atoms with E-state index >= 15 is 0 Å². The van der Waals surface area contributed by atoms with Crippen molar-refractivity contribution < 1.29 is 9.53 Å². The van der Waals surface area contributed by atoms with Crippen molar-refractivity contribution in [3.63, 3.8) is 0 Å². The van der Waals surface area contributed by atoms with Crippen LogP contribution in [-0.2, 0) is 9.53 Å². The first-order chi connectivity index (χ1) is 8.70. The molecular formula is C15H27NO2. The molecule has 0 amide bonds. The van der Waals surface area contributed by atoms with Gasteiger partial charge in [0, 0.05) is 12.1 Å². The summed E-state index contributed by atoms with van der Waals surface area (Å²) in [5.41, 5.74) is 0. The number of esters is 1. The van der Waals surface area contributed by atoms with Gasteiger partial charge in [-0.15, -0.1) is 0 Å². The van der Waals surface area contributed by atoms with E-state index in [2.05, 4.69) is 11.8 Å². The normalized spacial score (nSPS) is 29.7. The molecule has 0 bridgehead atoms. The lowest BCUT2D eigenvalue weighted by molar-refractivity contribution is -0.143. The Kier molecular flexibility index (Phi) is 5.04. The molecule has 0 spiro atoms. The predicted molar refractivity (Wildman–Crippen MR) is 72.4 cm³/mol. The van der Waals surface area contributed by atoms with Crippen LogP contribution in [0.3, 0.4) is 0 Å². The standard InChI is InChI=1S/C15H27NO2/c1-12-7-9-14(10-8-12)16(11-15(17)18-2)13-5-3-4-6-13/h12-14H,3-11H2,1-2H3. The van der Waals surface area contributed by atoms with Crippen molar-refractivity contribution in [3.8, 4) is 0 Å². The number of carbonyl (C=O) groups is 1. The Balaban J connectivity index is 1.96. The zero-order valence-corrected chi connectivity index (χ0v) is 11.9. The second-order valence-electron chi connectivity index (χ2n) is 6.10. The van der Waals surface area contributed by atoms with Crippen molar-refractivity contribution in [1.29, 1.82) is 0 Å². The minimum Gasteiger partial charge on any atom is -0.468 e. The fourth-order valence-corrected chi connectivity index (χ4v) is 3.58. The molecule has 2 aliphatic carbocycles. The van der Waals surface area contributed by atoms with E-state index in [1.54, 1.807) is 0 Å². The molecule has 2 fully saturated rings. The lowest BCUT2D eigenvalue weighted by Gasteiger charge is -2.39. The first-order valence-electron chi connectivity index (χ1n) is 7.53. The van der Waals surface area contributed by atoms with Gasteiger partial charge in [-0.25, -0.2) is 0 Å². The van der Waals surface area contributed by atoms with Gasteiger partial charge in [-0.05, 0) is 44.4 Å². The van der Waals surface area contributed by atoms with E-state index < -0.39 is 0 Å². The van der Waals surface area contributed by atoms with Crippen molar-refractivity contribution in [2.75, 3.05) is 13.7 Å². The van der Waals surface area contributed by atoms with Gasteiger partial charge in [-0.2, -0.15) is 0 Å². The van der Waals surface area contributed by atoms with Crippen LogP contribution in [0.5, 0.6) is 0 Å². The highest BCUT2D eigenvalue weighted by atomic mass is 16.5. The number of hydrogen-bond acceptors (Lipinski definition) is 3. The zero-order chi connectivity index (χ0) is 13.0. The van der Waals surface area contributed by atoms with Crippen LogP contribution < -0.4 is 0 Å². The molecule has 0 saturated heterocycles. The summed E-state index contributed by atoms with van der Waals surface area (Å²) in [5, 5.41) is 0. The summed E-state index contributed by atoms with van der Waals surface area (Å²) in [6.07, 6.45) is 10.3. The molecule has 0 heterocycles. The molecule has 18 heavy (non-hydrogen) atoms. The van der Waals surface area contributed by atoms with Crippen molar-refractivity contribution >= 4 is 5.97 Å². The SMILES string of the molecule is COC(=O)CN(C1CCCC1)C1CCC(C)CC1. The van der Waals surface area contributed by atoms with E-state index in [-0.39, 0.29) is 5.97 Å². The third kappa shape index (κ3) is 3.47. The maximum Gasteiger partial charge on any atom is 0.319 e. The minimum atomic E-state index is -0.0690. The largest absolute Gasteiger partial charge is 0.468 e. The highest BCUT2D eigenvalue weighted by Gasteiger charge is 2.32. The Morgan fingerprint density at radius 3 is 2.17 bits per heavy atom. The molecule has 0 aromatic rings. The smallest absolute Gasteiger partial charge is 0.319 e. The number of hydrogen-bond donors (Lipinski definition) is 0. The van der Waals surface area contributed by atoms with Gasteiger partial charge in [0.1, 0.15) is 0 Å². The number of methoxy groups -OCH3 is 1. The molecule has 0 aliphatic heterocycles. The molecule has 3 heteroatoms. The molecule has 0 unspecified atom stereocenters. The fraction of sp³-hybridized carbons (Fsp3) is 0.933. The Labute approximate surface area is 111 Å². The summed E-state index contributed by atoms with van der Waals surface area (Å²) >= 11 is 0. The van der Waals surface area contributed by atoms with E-state index in [1.165, 1.54) is 58.5 Å². The van der Waals surface area contributed by atoms with Crippen LogP contribution in [0, 0.1) is 5.92 Å². The van der Waals surface area contributed by atoms with Crippen molar-refractivity contribution in [3.05, 3.63) is 0 Å². The third-order valence-electron chi connectivity index (χ3n) is 4.79. The topological polar surface area (TPSA) is 29.5 Å². The van der Waals surface area contributed by atoms with E-state index in [0.29, 0.717) is 18.6 Å². The van der Waals surface area contributed by atoms with Gasteiger partial charge in [0.05, 0.1) is 13.7 Å². The van der Waals surface area contributed by atoms with Crippen molar-refractivity contribution in [2.45, 2.75) is 70.4 Å². The molecule has 3 nitrogen and oxygen atoms in total. The minimum absolute atomic E-state index is 0.0690. The van der Waals surface area contributed by atoms with E-state index in [4.69, 9.17) is 4.74 Å². The monoisotopic (exact) mass is 253 g/mol. The van der Waals surface area contributed by atoms with E-state index in [9.17, 15) is 4.79 Å². The summed E-state index contributed by atoms with van der Waals surface area (Å²) in [5.74, 6) is 0.797. The number of carbonyl (C=O) groups excluding carboxylic acids is 1. The lowest BCUT2D eigenvalue weighted by Crippen LogP contribution is -2.46. The maximum absolute atomic E-state index is 11.6. The van der Waals surface area contributed by atoms with Gasteiger partial charge in [0.2, 0.25) is 0 Å². The number of nitrogens with zero attached hydrogens (tertiary/aromatic N) is 1. The molecule has 0 radical (unpaired) electrons. The van der Waals surface area contributed by atoms with Gasteiger partial charge in [0.15, 0.2) is 0 Å². The van der Waals surface area contributed by atoms with Crippen LogP contribution in [0.1, 0.15) is 58.3 Å². The number of rotatable bonds is 4. The van der Waals surface area contributed by atoms with Crippen molar-refractivity contribution in [2.24, 2.45) is 5.92 Å². The second kappa shape index (κ2) is 6.55. The molecule has 0 atom stereocenters. The molecule has 2 rings (SSSR count). The van der Waals surface area contributed by atoms with E-state index in [0.717, 1.165) is 5.92 Å². The second-order valence-corrected chi connectivity index (χ2v) is 6.10. The highest BCUT2D eigenvalue weighted by molar-refractivity contribution is 5.71. The Morgan fingerprint density at radius 1 is 1.06 bits per heavy atom. The first-order valence-corrected chi connectivity index (χ1v) is 7.53. The van der Waals surface area contributed by atoms with Crippen molar-refractivity contribution in [1.82, 2.24) is 4.90 Å². The molecule has 0 aromatic heterocycles. The molecule has 2 saturated carbocycles. The first kappa shape index (κ1) is 13.9. The molecule has 2 aliphatic rings. The van der Waals surface area contributed by atoms with Gasteiger partial charge in [0.25, 0.3) is 0 Å². The molecule has 0 aromatic carbocycles. The van der Waals surface area contributed by atoms with Crippen LogP contribution in [0.4, 0.5) is 0 Å². The summed E-state index contributed by atoms with van der Waals surface area (Å²) in [6, 6.07) is 1.24. The van der Waals surface area contributed by atoms with E-state index in [1.807, 2.05) is 0 Å². The predicted octanol–water partition coefficient (Wildman–Crippen LogP) is 2.98. The average molecular weight is 253 g/mol. The van der Waals surface area contributed by atoms with Gasteiger partial charge in [-0.3, -0.25) is 9.69 Å². The Hall–Kier alpha value is -0.570. The lowest BCUT2D eigenvalue weighted by atomic mass is 9.86. The summed E-state index contributed by atoms with van der Waals surface area (Å²) < 4.78 is 4.87. The molecule has 104 valence electrons. The van der Waals surface area contributed by atoms with Gasteiger partial charge < -0.3 is 4.74 Å². The zero-order valence-electron chi connectivity index (χ0n) is 11.9. The highest BCUT2D eigenvalue weighted by Crippen LogP contribution is 2.32. The quantitative estimate of drug-likeness (QED) is 0.721. The van der Waals surface area contributed by atoms with Crippen LogP contribution in [0.25, 0.3) is 0 Å². The van der Waals surface area contributed by atoms with Crippen LogP contribution >= 0.6 is 0 Å². The molecular weight excluding hydrogens is 226 g/mol. The van der Waals surface area contributed by atoms with Crippen LogP contribution in [0.2, 0.25) is 0 Å². The Bertz CT molecular complexity index is 266.